The van der Waals surface area contributed by atoms with Crippen LogP contribution in [0.15, 0.2) is 48.7 Å². The number of hydrogen-bond acceptors (Lipinski definition) is 5. The van der Waals surface area contributed by atoms with Crippen LogP contribution in [0.4, 0.5) is 11.4 Å². The topological polar surface area (TPSA) is 117 Å². The van der Waals surface area contributed by atoms with E-state index < -0.39 is 11.9 Å². The Labute approximate surface area is 147 Å². The standard InChI is InChI=1S/C19H14N2O5/c1-10(22)11-3-2-4-13(7-11)21-17-14-8-12(18(23)24)5-6-16(14)20-9-15(17)19(25)26/h2-9H,1H3,(H,20,21)(H,23,24)(H,25,26). The van der Waals surface area contributed by atoms with Crippen LogP contribution >= 0.6 is 0 Å². The summed E-state index contributed by atoms with van der Waals surface area (Å²) in [6, 6.07) is 10.9. The van der Waals surface area contributed by atoms with Gasteiger partial charge in [0.05, 0.1) is 16.8 Å². The molecule has 0 saturated carbocycles. The number of Topliss-reactive ketones (excluding diaryl/α,β-unsaturated/α-hetero) is 1. The van der Waals surface area contributed by atoms with Crippen LogP contribution in [0.2, 0.25) is 0 Å². The smallest absolute Gasteiger partial charge is 0.339 e. The molecule has 1 heterocycles. The maximum absolute atomic E-state index is 11.6. The zero-order valence-corrected chi connectivity index (χ0v) is 13.7. The van der Waals surface area contributed by atoms with Crippen molar-refractivity contribution in [3.05, 3.63) is 65.4 Å². The van der Waals surface area contributed by atoms with Gasteiger partial charge in [0.15, 0.2) is 5.78 Å². The fraction of sp³-hybridized carbons (Fsp3) is 0.0526. The molecule has 130 valence electrons. The minimum atomic E-state index is -1.20. The number of aromatic nitrogens is 1. The van der Waals surface area contributed by atoms with Crippen molar-refractivity contribution in [2.24, 2.45) is 0 Å². The lowest BCUT2D eigenvalue weighted by Gasteiger charge is -2.13. The summed E-state index contributed by atoms with van der Waals surface area (Å²) in [7, 11) is 0. The number of carboxylic acid groups (broad SMARTS) is 2. The first-order valence-electron chi connectivity index (χ1n) is 7.64. The molecule has 7 heteroatoms. The predicted molar refractivity (Wildman–Crippen MR) is 95.4 cm³/mol. The lowest BCUT2D eigenvalue weighted by Crippen LogP contribution is -2.06. The lowest BCUT2D eigenvalue weighted by atomic mass is 10.1. The van der Waals surface area contributed by atoms with Gasteiger partial charge in [0.25, 0.3) is 0 Å². The number of pyridine rings is 1. The van der Waals surface area contributed by atoms with Crippen molar-refractivity contribution < 1.29 is 24.6 Å². The summed E-state index contributed by atoms with van der Waals surface area (Å²) in [5.41, 5.74) is 1.55. The molecule has 3 rings (SSSR count). The van der Waals surface area contributed by atoms with Gasteiger partial charge in [0.2, 0.25) is 0 Å². The van der Waals surface area contributed by atoms with Crippen molar-refractivity contribution >= 4 is 40.0 Å². The van der Waals surface area contributed by atoms with Crippen LogP contribution in [-0.2, 0) is 0 Å². The van der Waals surface area contributed by atoms with Crippen LogP contribution in [-0.4, -0.2) is 32.9 Å². The average molecular weight is 350 g/mol. The number of nitrogens with zero attached hydrogens (tertiary/aromatic N) is 1. The van der Waals surface area contributed by atoms with Crippen molar-refractivity contribution in [3.63, 3.8) is 0 Å². The van der Waals surface area contributed by atoms with Crippen LogP contribution in [0.3, 0.4) is 0 Å². The number of benzene rings is 2. The number of ketones is 1. The minimum Gasteiger partial charge on any atom is -0.478 e. The highest BCUT2D eigenvalue weighted by Crippen LogP contribution is 2.30. The van der Waals surface area contributed by atoms with Crippen LogP contribution < -0.4 is 5.32 Å². The van der Waals surface area contributed by atoms with Crippen molar-refractivity contribution in [2.75, 3.05) is 5.32 Å². The fourth-order valence-corrected chi connectivity index (χ4v) is 2.58. The molecular weight excluding hydrogens is 336 g/mol. The van der Waals surface area contributed by atoms with E-state index in [0.717, 1.165) is 0 Å². The molecule has 2 aromatic carbocycles. The molecule has 3 aromatic rings. The zero-order valence-electron chi connectivity index (χ0n) is 13.7. The van der Waals surface area contributed by atoms with Gasteiger partial charge in [-0.1, -0.05) is 12.1 Å². The average Bonchev–Trinajstić information content (AvgIpc) is 2.61. The zero-order chi connectivity index (χ0) is 18.8. The highest BCUT2D eigenvalue weighted by molar-refractivity contribution is 6.07. The third-order valence-corrected chi connectivity index (χ3v) is 3.88. The van der Waals surface area contributed by atoms with Crippen LogP contribution in [0.25, 0.3) is 10.9 Å². The SMILES string of the molecule is CC(=O)c1cccc(Nc2c(C(=O)O)cnc3ccc(C(=O)O)cc23)c1. The number of carbonyl (C=O) groups excluding carboxylic acids is 1. The summed E-state index contributed by atoms with van der Waals surface area (Å²) in [6.45, 7) is 1.43. The van der Waals surface area contributed by atoms with Gasteiger partial charge in [0, 0.05) is 22.8 Å². The molecule has 0 atom stereocenters. The number of anilines is 2. The summed E-state index contributed by atoms with van der Waals surface area (Å²) >= 11 is 0. The molecule has 0 radical (unpaired) electrons. The Morgan fingerprint density at radius 3 is 2.38 bits per heavy atom. The molecule has 0 aliphatic heterocycles. The van der Waals surface area contributed by atoms with E-state index in [1.54, 1.807) is 24.3 Å². The first-order chi connectivity index (χ1) is 12.4. The Morgan fingerprint density at radius 1 is 0.962 bits per heavy atom. The van der Waals surface area contributed by atoms with E-state index in [9.17, 15) is 24.6 Å². The number of aromatic carboxylic acids is 2. The minimum absolute atomic E-state index is 0.0161. The van der Waals surface area contributed by atoms with Crippen LogP contribution in [0, 0.1) is 0 Å². The third kappa shape index (κ3) is 3.23. The maximum atomic E-state index is 11.6. The van der Waals surface area contributed by atoms with Crippen molar-refractivity contribution in [2.45, 2.75) is 6.92 Å². The number of hydrogen-bond donors (Lipinski definition) is 3. The second kappa shape index (κ2) is 6.64. The Morgan fingerprint density at radius 2 is 1.73 bits per heavy atom. The van der Waals surface area contributed by atoms with Gasteiger partial charge in [0.1, 0.15) is 5.56 Å². The third-order valence-electron chi connectivity index (χ3n) is 3.88. The van der Waals surface area contributed by atoms with Gasteiger partial charge in [-0.05, 0) is 37.3 Å². The number of carbonyl (C=O) groups is 3. The summed E-state index contributed by atoms with van der Waals surface area (Å²) in [5.74, 6) is -2.46. The monoisotopic (exact) mass is 350 g/mol. The van der Waals surface area contributed by atoms with E-state index in [4.69, 9.17) is 0 Å². The summed E-state index contributed by atoms with van der Waals surface area (Å²) in [6.07, 6.45) is 1.21. The normalized spacial score (nSPS) is 10.5. The van der Waals surface area contributed by atoms with Gasteiger partial charge in [-0.15, -0.1) is 0 Å². The Balaban J connectivity index is 2.21. The molecule has 1 aromatic heterocycles. The first-order valence-corrected chi connectivity index (χ1v) is 7.64. The molecule has 0 amide bonds. The lowest BCUT2D eigenvalue weighted by molar-refractivity contribution is 0.0687. The van der Waals surface area contributed by atoms with Gasteiger partial charge in [-0.3, -0.25) is 9.78 Å². The second-order valence-corrected chi connectivity index (χ2v) is 5.65. The second-order valence-electron chi connectivity index (χ2n) is 5.65. The molecule has 26 heavy (non-hydrogen) atoms. The Hall–Kier alpha value is -3.74. The van der Waals surface area contributed by atoms with E-state index in [-0.39, 0.29) is 22.6 Å². The molecule has 0 aliphatic carbocycles. The van der Waals surface area contributed by atoms with E-state index in [2.05, 4.69) is 10.3 Å². The number of rotatable bonds is 5. The molecule has 0 saturated heterocycles. The summed E-state index contributed by atoms with van der Waals surface area (Å²) in [4.78, 5) is 38.5. The maximum Gasteiger partial charge on any atom is 0.339 e. The molecule has 3 N–H and O–H groups in total. The number of fused-ring (bicyclic) bond motifs is 1. The van der Waals surface area contributed by atoms with E-state index in [1.807, 2.05) is 0 Å². The van der Waals surface area contributed by atoms with E-state index >= 15 is 0 Å². The van der Waals surface area contributed by atoms with E-state index in [1.165, 1.54) is 31.3 Å². The van der Waals surface area contributed by atoms with Crippen LogP contribution in [0.5, 0.6) is 0 Å². The van der Waals surface area contributed by atoms with E-state index in [0.29, 0.717) is 22.2 Å². The number of nitrogens with one attached hydrogen (secondary N) is 1. The summed E-state index contributed by atoms with van der Waals surface area (Å²) < 4.78 is 0. The highest BCUT2D eigenvalue weighted by atomic mass is 16.4. The first kappa shape index (κ1) is 17.1. The fourth-order valence-electron chi connectivity index (χ4n) is 2.58. The Kier molecular flexibility index (Phi) is 4.36. The molecular formula is C19H14N2O5. The molecule has 0 spiro atoms. The summed E-state index contributed by atoms with van der Waals surface area (Å²) in [5, 5.41) is 22.0. The van der Waals surface area contributed by atoms with Gasteiger partial charge in [-0.2, -0.15) is 0 Å². The van der Waals surface area contributed by atoms with Gasteiger partial charge in [-0.25, -0.2) is 9.59 Å². The molecule has 0 fully saturated rings. The number of carboxylic acids is 2. The van der Waals surface area contributed by atoms with Crippen molar-refractivity contribution in [1.29, 1.82) is 0 Å². The largest absolute Gasteiger partial charge is 0.478 e. The Bertz CT molecular complexity index is 1050. The van der Waals surface area contributed by atoms with Crippen molar-refractivity contribution in [3.8, 4) is 0 Å². The van der Waals surface area contributed by atoms with Gasteiger partial charge < -0.3 is 15.5 Å². The van der Waals surface area contributed by atoms with Crippen molar-refractivity contribution in [1.82, 2.24) is 4.98 Å². The molecule has 7 nitrogen and oxygen atoms in total. The van der Waals surface area contributed by atoms with Gasteiger partial charge >= 0.3 is 11.9 Å². The predicted octanol–water partition coefficient (Wildman–Crippen LogP) is 3.58. The molecule has 0 aliphatic rings. The molecule has 0 unspecified atom stereocenters. The molecule has 0 bridgehead atoms. The quantitative estimate of drug-likeness (QED) is 0.602. The van der Waals surface area contributed by atoms with Crippen LogP contribution in [0.1, 0.15) is 38.0 Å². The highest BCUT2D eigenvalue weighted by Gasteiger charge is 2.17.